The van der Waals surface area contributed by atoms with E-state index >= 15 is 0 Å². The van der Waals surface area contributed by atoms with Gasteiger partial charge in [0, 0.05) is 35.8 Å². The summed E-state index contributed by atoms with van der Waals surface area (Å²) < 4.78 is 2.33. The van der Waals surface area contributed by atoms with Crippen LogP contribution in [-0.4, -0.2) is 20.3 Å². The largest absolute Gasteiger partial charge is 0.318 e. The zero-order valence-electron chi connectivity index (χ0n) is 11.8. The highest BCUT2D eigenvalue weighted by atomic mass is 32.2. The van der Waals surface area contributed by atoms with Gasteiger partial charge in [0.25, 0.3) is 0 Å². The van der Waals surface area contributed by atoms with Crippen molar-refractivity contribution in [3.8, 4) is 22.5 Å². The molecule has 3 heterocycles. The van der Waals surface area contributed by atoms with Crippen LogP contribution in [0.4, 0.5) is 0 Å². The molecule has 0 fully saturated rings. The quantitative estimate of drug-likeness (QED) is 0.715. The first-order chi connectivity index (χ1) is 10.3. The Morgan fingerprint density at radius 2 is 1.76 bits per heavy atom. The minimum absolute atomic E-state index is 1.02. The highest BCUT2D eigenvalue weighted by Crippen LogP contribution is 2.38. The molecule has 0 atom stereocenters. The van der Waals surface area contributed by atoms with Crippen LogP contribution in [0.5, 0.6) is 0 Å². The second-order valence-corrected chi connectivity index (χ2v) is 6.26. The molecule has 104 valence electrons. The second-order valence-electron chi connectivity index (χ2n) is 5.19. The Hall–Kier alpha value is -2.07. The second kappa shape index (κ2) is 5.04. The molecule has 0 radical (unpaired) electrons. The predicted octanol–water partition coefficient (Wildman–Crippen LogP) is 4.03. The van der Waals surface area contributed by atoms with E-state index < -0.39 is 0 Å². The summed E-state index contributed by atoms with van der Waals surface area (Å²) in [6.45, 7) is 3.13. The fourth-order valence-corrected chi connectivity index (χ4v) is 3.64. The molecule has 0 bridgehead atoms. The van der Waals surface area contributed by atoms with Gasteiger partial charge in [-0.05, 0) is 19.1 Å². The van der Waals surface area contributed by atoms with Crippen molar-refractivity contribution < 1.29 is 0 Å². The minimum Gasteiger partial charge on any atom is -0.318 e. The third kappa shape index (κ3) is 2.16. The van der Waals surface area contributed by atoms with Crippen LogP contribution in [0.25, 0.3) is 22.5 Å². The fourth-order valence-electron chi connectivity index (χ4n) is 2.69. The summed E-state index contributed by atoms with van der Waals surface area (Å²) >= 11 is 1.83. The van der Waals surface area contributed by atoms with Crippen LogP contribution in [0, 0.1) is 6.92 Å². The fraction of sp³-hybridized carbons (Fsp3) is 0.176. The van der Waals surface area contributed by atoms with E-state index in [-0.39, 0.29) is 0 Å². The van der Waals surface area contributed by atoms with Gasteiger partial charge in [-0.3, -0.25) is 4.98 Å². The van der Waals surface area contributed by atoms with Crippen molar-refractivity contribution >= 4 is 11.8 Å². The van der Waals surface area contributed by atoms with Crippen LogP contribution in [0.1, 0.15) is 5.56 Å². The summed E-state index contributed by atoms with van der Waals surface area (Å²) in [6.07, 6.45) is 3.69. The van der Waals surface area contributed by atoms with Crippen molar-refractivity contribution in [2.75, 3.05) is 5.75 Å². The van der Waals surface area contributed by atoms with Crippen LogP contribution in [-0.2, 0) is 6.54 Å². The van der Waals surface area contributed by atoms with E-state index in [4.69, 9.17) is 4.98 Å². The van der Waals surface area contributed by atoms with E-state index in [1.807, 2.05) is 24.2 Å². The molecule has 3 nitrogen and oxygen atoms in total. The predicted molar refractivity (Wildman–Crippen MR) is 86.4 cm³/mol. The van der Waals surface area contributed by atoms with Gasteiger partial charge in [0.1, 0.15) is 0 Å². The molecule has 0 N–H and O–H groups in total. The monoisotopic (exact) mass is 293 g/mol. The van der Waals surface area contributed by atoms with Crippen molar-refractivity contribution in [3.63, 3.8) is 0 Å². The molecule has 4 rings (SSSR count). The molecule has 1 aromatic carbocycles. The third-order valence-corrected chi connectivity index (χ3v) is 4.71. The van der Waals surface area contributed by atoms with E-state index in [2.05, 4.69) is 52.9 Å². The SMILES string of the molecule is Cc1ccc(-c2nc3n(c2-c2ccncc2)CCS3)cc1. The molecule has 1 aliphatic rings. The van der Waals surface area contributed by atoms with Gasteiger partial charge in [-0.1, -0.05) is 41.6 Å². The van der Waals surface area contributed by atoms with Gasteiger partial charge >= 0.3 is 0 Å². The van der Waals surface area contributed by atoms with Crippen LogP contribution in [0.2, 0.25) is 0 Å². The average Bonchev–Trinajstić information content (AvgIpc) is 3.09. The van der Waals surface area contributed by atoms with Gasteiger partial charge < -0.3 is 4.57 Å². The number of aryl methyl sites for hydroxylation is 1. The average molecular weight is 293 g/mol. The van der Waals surface area contributed by atoms with Crippen molar-refractivity contribution in [2.24, 2.45) is 0 Å². The first kappa shape index (κ1) is 12.7. The molecule has 0 saturated carbocycles. The van der Waals surface area contributed by atoms with Crippen molar-refractivity contribution in [1.29, 1.82) is 0 Å². The Balaban J connectivity index is 1.94. The lowest BCUT2D eigenvalue weighted by Crippen LogP contribution is -1.97. The number of hydrogen-bond acceptors (Lipinski definition) is 3. The van der Waals surface area contributed by atoms with Crippen molar-refractivity contribution in [2.45, 2.75) is 18.6 Å². The Bertz CT molecular complexity index is 776. The maximum absolute atomic E-state index is 4.87. The molecule has 2 aromatic heterocycles. The van der Waals surface area contributed by atoms with Crippen molar-refractivity contribution in [3.05, 3.63) is 54.4 Å². The van der Waals surface area contributed by atoms with Gasteiger partial charge in [0.2, 0.25) is 0 Å². The summed E-state index contributed by atoms with van der Waals surface area (Å²) in [5, 5.41) is 1.12. The lowest BCUT2D eigenvalue weighted by Gasteiger charge is -2.08. The standard InChI is InChI=1S/C17H15N3S/c1-12-2-4-13(5-3-12)15-16(14-6-8-18-9-7-14)20-10-11-21-17(20)19-15/h2-9H,10-11H2,1H3. The molecule has 0 saturated heterocycles. The number of fused-ring (bicyclic) bond motifs is 1. The Morgan fingerprint density at radius 3 is 2.52 bits per heavy atom. The molecule has 4 heteroatoms. The summed E-state index contributed by atoms with van der Waals surface area (Å²) in [5.74, 6) is 1.11. The molecular weight excluding hydrogens is 278 g/mol. The van der Waals surface area contributed by atoms with E-state index in [1.54, 1.807) is 0 Å². The van der Waals surface area contributed by atoms with Gasteiger partial charge in [-0.25, -0.2) is 4.98 Å². The van der Waals surface area contributed by atoms with Crippen molar-refractivity contribution in [1.82, 2.24) is 14.5 Å². The Kier molecular flexibility index (Phi) is 3.04. The van der Waals surface area contributed by atoms with Gasteiger partial charge in [0.05, 0.1) is 11.4 Å². The number of pyridine rings is 1. The normalized spacial score (nSPS) is 13.4. The number of imidazole rings is 1. The number of benzene rings is 1. The number of aromatic nitrogens is 3. The summed E-state index contributed by atoms with van der Waals surface area (Å²) in [7, 11) is 0. The number of nitrogens with zero attached hydrogens (tertiary/aromatic N) is 3. The summed E-state index contributed by atoms with van der Waals surface area (Å²) in [4.78, 5) is 9.00. The third-order valence-electron chi connectivity index (χ3n) is 3.76. The van der Waals surface area contributed by atoms with Gasteiger partial charge in [-0.15, -0.1) is 0 Å². The summed E-state index contributed by atoms with van der Waals surface area (Å²) in [6, 6.07) is 12.7. The van der Waals surface area contributed by atoms with Gasteiger partial charge in [0.15, 0.2) is 5.16 Å². The highest BCUT2D eigenvalue weighted by Gasteiger charge is 2.23. The van der Waals surface area contributed by atoms with Crippen LogP contribution >= 0.6 is 11.8 Å². The first-order valence-electron chi connectivity index (χ1n) is 7.04. The number of hydrogen-bond donors (Lipinski definition) is 0. The molecule has 3 aromatic rings. The van der Waals surface area contributed by atoms with Crippen LogP contribution in [0.3, 0.4) is 0 Å². The van der Waals surface area contributed by atoms with E-state index in [1.165, 1.54) is 22.4 Å². The van der Waals surface area contributed by atoms with E-state index in [9.17, 15) is 0 Å². The molecular formula is C17H15N3S. The van der Waals surface area contributed by atoms with Crippen LogP contribution < -0.4 is 0 Å². The zero-order chi connectivity index (χ0) is 14.2. The number of rotatable bonds is 2. The first-order valence-corrected chi connectivity index (χ1v) is 8.02. The summed E-state index contributed by atoms with van der Waals surface area (Å²) in [5.41, 5.74) is 5.91. The van der Waals surface area contributed by atoms with Crippen LogP contribution in [0.15, 0.2) is 53.9 Å². The molecule has 0 spiro atoms. The minimum atomic E-state index is 1.02. The Labute approximate surface area is 128 Å². The molecule has 0 amide bonds. The van der Waals surface area contributed by atoms with E-state index in [0.29, 0.717) is 0 Å². The number of thioether (sulfide) groups is 1. The maximum Gasteiger partial charge on any atom is 0.169 e. The lowest BCUT2D eigenvalue weighted by atomic mass is 10.0. The molecule has 0 aliphatic carbocycles. The lowest BCUT2D eigenvalue weighted by molar-refractivity contribution is 0.726. The Morgan fingerprint density at radius 1 is 1.00 bits per heavy atom. The molecule has 21 heavy (non-hydrogen) atoms. The smallest absolute Gasteiger partial charge is 0.169 e. The highest BCUT2D eigenvalue weighted by molar-refractivity contribution is 7.99. The van der Waals surface area contributed by atoms with Gasteiger partial charge in [-0.2, -0.15) is 0 Å². The topological polar surface area (TPSA) is 30.7 Å². The van der Waals surface area contributed by atoms with E-state index in [0.717, 1.165) is 23.1 Å². The maximum atomic E-state index is 4.87. The molecule has 1 aliphatic heterocycles. The molecule has 0 unspecified atom stereocenters. The zero-order valence-corrected chi connectivity index (χ0v) is 12.6.